The van der Waals surface area contributed by atoms with E-state index in [0.717, 1.165) is 23.5 Å². The van der Waals surface area contributed by atoms with Gasteiger partial charge in [0.1, 0.15) is 5.82 Å². The Morgan fingerprint density at radius 3 is 2.83 bits per heavy atom. The molecule has 96 valence electrons. The molecule has 1 N–H and O–H groups in total. The molecule has 1 unspecified atom stereocenters. The van der Waals surface area contributed by atoms with Crippen LogP contribution < -0.4 is 0 Å². The second-order valence-electron chi connectivity index (χ2n) is 4.41. The summed E-state index contributed by atoms with van der Waals surface area (Å²) in [5, 5.41) is 10.9. The standard InChI is InChI=1S/C14H17ClN2O/c1-3-17-5-4-16-14(17)9-13(18)11-6-10(2)7-12(15)8-11/h4-8,13,18H,3,9H2,1-2H3. The molecule has 0 aliphatic carbocycles. The smallest absolute Gasteiger partial charge is 0.111 e. The first-order valence-corrected chi connectivity index (χ1v) is 6.43. The highest BCUT2D eigenvalue weighted by atomic mass is 35.5. The number of halogens is 1. The quantitative estimate of drug-likeness (QED) is 0.921. The maximum atomic E-state index is 10.2. The molecule has 0 radical (unpaired) electrons. The highest BCUT2D eigenvalue weighted by Crippen LogP contribution is 2.22. The molecule has 3 nitrogen and oxygen atoms in total. The Morgan fingerprint density at radius 1 is 1.39 bits per heavy atom. The predicted molar refractivity (Wildman–Crippen MR) is 72.8 cm³/mol. The Kier molecular flexibility index (Phi) is 4.04. The van der Waals surface area contributed by atoms with Crippen LogP contribution in [0.2, 0.25) is 5.02 Å². The SMILES string of the molecule is CCn1ccnc1CC(O)c1cc(C)cc(Cl)c1. The van der Waals surface area contributed by atoms with E-state index in [4.69, 9.17) is 11.6 Å². The molecule has 0 amide bonds. The minimum absolute atomic E-state index is 0.501. The van der Waals surface area contributed by atoms with Crippen molar-refractivity contribution in [2.24, 2.45) is 0 Å². The maximum absolute atomic E-state index is 10.2. The Hall–Kier alpha value is -1.32. The zero-order valence-corrected chi connectivity index (χ0v) is 11.4. The second kappa shape index (κ2) is 5.55. The number of benzene rings is 1. The van der Waals surface area contributed by atoms with Gasteiger partial charge in [0.05, 0.1) is 6.10 Å². The zero-order valence-electron chi connectivity index (χ0n) is 10.6. The van der Waals surface area contributed by atoms with Gasteiger partial charge in [0.25, 0.3) is 0 Å². The molecule has 18 heavy (non-hydrogen) atoms. The molecule has 0 aliphatic heterocycles. The highest BCUT2D eigenvalue weighted by molar-refractivity contribution is 6.30. The van der Waals surface area contributed by atoms with Gasteiger partial charge in [-0.15, -0.1) is 0 Å². The fraction of sp³-hybridized carbons (Fsp3) is 0.357. The fourth-order valence-corrected chi connectivity index (χ4v) is 2.36. The number of aliphatic hydroxyl groups is 1. The van der Waals surface area contributed by atoms with E-state index < -0.39 is 6.10 Å². The van der Waals surface area contributed by atoms with Crippen molar-refractivity contribution in [3.8, 4) is 0 Å². The third-order valence-corrected chi connectivity index (χ3v) is 3.19. The Balaban J connectivity index is 2.19. The number of aromatic nitrogens is 2. The molecule has 1 aromatic heterocycles. The van der Waals surface area contributed by atoms with Crippen molar-refractivity contribution in [1.82, 2.24) is 9.55 Å². The maximum Gasteiger partial charge on any atom is 0.111 e. The molecule has 0 aliphatic rings. The third-order valence-electron chi connectivity index (χ3n) is 2.97. The van der Waals surface area contributed by atoms with Gasteiger partial charge in [-0.05, 0) is 37.1 Å². The van der Waals surface area contributed by atoms with Gasteiger partial charge in [0.15, 0.2) is 0 Å². The van der Waals surface area contributed by atoms with Crippen LogP contribution in [0.1, 0.15) is 30.0 Å². The summed E-state index contributed by atoms with van der Waals surface area (Å²) in [4.78, 5) is 4.27. The van der Waals surface area contributed by atoms with Crippen LogP contribution in [-0.4, -0.2) is 14.7 Å². The lowest BCUT2D eigenvalue weighted by molar-refractivity contribution is 0.174. The van der Waals surface area contributed by atoms with Crippen LogP contribution in [0, 0.1) is 6.92 Å². The van der Waals surface area contributed by atoms with Gasteiger partial charge in [-0.3, -0.25) is 0 Å². The molecule has 4 heteroatoms. The minimum atomic E-state index is -0.574. The van der Waals surface area contributed by atoms with Gasteiger partial charge >= 0.3 is 0 Å². The van der Waals surface area contributed by atoms with Gasteiger partial charge in [-0.1, -0.05) is 17.7 Å². The molecule has 0 bridgehead atoms. The van der Waals surface area contributed by atoms with Crippen molar-refractivity contribution in [3.63, 3.8) is 0 Å². The van der Waals surface area contributed by atoms with E-state index >= 15 is 0 Å². The number of hydrogen-bond donors (Lipinski definition) is 1. The van der Waals surface area contributed by atoms with Gasteiger partial charge in [0.2, 0.25) is 0 Å². The van der Waals surface area contributed by atoms with Crippen LogP contribution in [0.15, 0.2) is 30.6 Å². The van der Waals surface area contributed by atoms with E-state index in [0.29, 0.717) is 11.4 Å². The van der Waals surface area contributed by atoms with E-state index in [-0.39, 0.29) is 0 Å². The number of rotatable bonds is 4. The van der Waals surface area contributed by atoms with E-state index in [9.17, 15) is 5.11 Å². The fourth-order valence-electron chi connectivity index (χ4n) is 2.07. The summed E-state index contributed by atoms with van der Waals surface area (Å²) in [6, 6.07) is 5.64. The Morgan fingerprint density at radius 2 is 2.17 bits per heavy atom. The summed E-state index contributed by atoms with van der Waals surface area (Å²) in [6.07, 6.45) is 3.61. The van der Waals surface area contributed by atoms with Gasteiger partial charge in [0, 0.05) is 30.4 Å². The summed E-state index contributed by atoms with van der Waals surface area (Å²) in [5.74, 6) is 0.891. The second-order valence-corrected chi connectivity index (χ2v) is 4.85. The molecule has 2 rings (SSSR count). The van der Waals surface area contributed by atoms with Crippen LogP contribution >= 0.6 is 11.6 Å². The third kappa shape index (κ3) is 2.92. The molecule has 0 fully saturated rings. The van der Waals surface area contributed by atoms with Crippen molar-refractivity contribution < 1.29 is 5.11 Å². The number of hydrogen-bond acceptors (Lipinski definition) is 2. The first kappa shape index (κ1) is 13.1. The summed E-state index contributed by atoms with van der Waals surface area (Å²) in [6.45, 7) is 4.88. The molecular weight excluding hydrogens is 248 g/mol. The molecule has 0 spiro atoms. The van der Waals surface area contributed by atoms with Crippen molar-refractivity contribution in [1.29, 1.82) is 0 Å². The lowest BCUT2D eigenvalue weighted by atomic mass is 10.0. The molecule has 2 aromatic rings. The monoisotopic (exact) mass is 264 g/mol. The first-order chi connectivity index (χ1) is 8.60. The number of imidazole rings is 1. The van der Waals surface area contributed by atoms with Crippen LogP contribution in [0.3, 0.4) is 0 Å². The van der Waals surface area contributed by atoms with Crippen molar-refractivity contribution in [2.75, 3.05) is 0 Å². The number of nitrogens with zero attached hydrogens (tertiary/aromatic N) is 2. The minimum Gasteiger partial charge on any atom is -0.388 e. The lowest BCUT2D eigenvalue weighted by Gasteiger charge is -2.13. The Labute approximate surface area is 112 Å². The number of aryl methyl sites for hydroxylation is 2. The Bertz CT molecular complexity index is 516. The highest BCUT2D eigenvalue weighted by Gasteiger charge is 2.13. The normalized spacial score (nSPS) is 12.7. The number of aliphatic hydroxyl groups excluding tert-OH is 1. The molecule has 1 aromatic carbocycles. The topological polar surface area (TPSA) is 38.0 Å². The van der Waals surface area contributed by atoms with Crippen molar-refractivity contribution in [3.05, 3.63) is 52.6 Å². The van der Waals surface area contributed by atoms with E-state index in [1.807, 2.05) is 29.8 Å². The van der Waals surface area contributed by atoms with Gasteiger partial charge in [-0.2, -0.15) is 0 Å². The average molecular weight is 265 g/mol. The van der Waals surface area contributed by atoms with E-state index in [1.54, 1.807) is 12.3 Å². The van der Waals surface area contributed by atoms with Crippen LogP contribution in [-0.2, 0) is 13.0 Å². The van der Waals surface area contributed by atoms with E-state index in [2.05, 4.69) is 11.9 Å². The molecule has 0 saturated heterocycles. The molecule has 1 atom stereocenters. The van der Waals surface area contributed by atoms with Crippen molar-refractivity contribution >= 4 is 11.6 Å². The molecular formula is C14H17ClN2O. The van der Waals surface area contributed by atoms with Crippen LogP contribution in [0.25, 0.3) is 0 Å². The van der Waals surface area contributed by atoms with Gasteiger partial charge < -0.3 is 9.67 Å². The lowest BCUT2D eigenvalue weighted by Crippen LogP contribution is -2.08. The van der Waals surface area contributed by atoms with E-state index in [1.165, 1.54) is 0 Å². The largest absolute Gasteiger partial charge is 0.388 e. The van der Waals surface area contributed by atoms with Crippen LogP contribution in [0.5, 0.6) is 0 Å². The summed E-state index contributed by atoms with van der Waals surface area (Å²) < 4.78 is 2.03. The average Bonchev–Trinajstić information content (AvgIpc) is 2.75. The molecule has 1 heterocycles. The van der Waals surface area contributed by atoms with Crippen molar-refractivity contribution in [2.45, 2.75) is 32.9 Å². The first-order valence-electron chi connectivity index (χ1n) is 6.05. The summed E-state index contributed by atoms with van der Waals surface area (Å²) in [7, 11) is 0. The predicted octanol–water partition coefficient (Wildman–Crippen LogP) is 3.14. The van der Waals surface area contributed by atoms with Crippen LogP contribution in [0.4, 0.5) is 0 Å². The zero-order chi connectivity index (χ0) is 13.1. The van der Waals surface area contributed by atoms with Gasteiger partial charge in [-0.25, -0.2) is 4.98 Å². The summed E-state index contributed by atoms with van der Waals surface area (Å²) >= 11 is 6.00. The summed E-state index contributed by atoms with van der Waals surface area (Å²) in [5.41, 5.74) is 1.89. The molecule has 0 saturated carbocycles.